The summed E-state index contributed by atoms with van der Waals surface area (Å²) in [4.78, 5) is 39.7. The monoisotopic (exact) mass is 368 g/mol. The number of aromatic nitrogens is 3. The molecule has 2 aromatic rings. The second kappa shape index (κ2) is 9.18. The van der Waals surface area contributed by atoms with Gasteiger partial charge in [0.15, 0.2) is 0 Å². The largest absolute Gasteiger partial charge is 0.350 e. The fraction of sp³-hybridized carbons (Fsp3) is 0.421. The van der Waals surface area contributed by atoms with Crippen LogP contribution in [0.4, 0.5) is 0 Å². The van der Waals surface area contributed by atoms with Crippen LogP contribution >= 0.6 is 0 Å². The van der Waals surface area contributed by atoms with Crippen LogP contribution in [0.25, 0.3) is 0 Å². The Morgan fingerprint density at radius 3 is 2.89 bits per heavy atom. The van der Waals surface area contributed by atoms with Gasteiger partial charge in [-0.2, -0.15) is 0 Å². The van der Waals surface area contributed by atoms with Gasteiger partial charge in [0.25, 0.3) is 5.91 Å². The summed E-state index contributed by atoms with van der Waals surface area (Å²) in [6, 6.07) is 3.13. The first kappa shape index (κ1) is 18.9. The van der Waals surface area contributed by atoms with E-state index in [1.807, 2.05) is 19.1 Å². The lowest BCUT2D eigenvalue weighted by atomic mass is 10.1. The van der Waals surface area contributed by atoms with Gasteiger partial charge < -0.3 is 15.5 Å². The molecule has 1 saturated heterocycles. The van der Waals surface area contributed by atoms with Crippen molar-refractivity contribution in [1.82, 2.24) is 30.5 Å². The maximum Gasteiger partial charge on any atom is 0.258 e. The number of nitrogens with zero attached hydrogens (tertiary/aromatic N) is 4. The third-order valence-electron chi connectivity index (χ3n) is 4.53. The molecule has 27 heavy (non-hydrogen) atoms. The Balaban J connectivity index is 1.73. The molecular formula is C19H24N6O2. The minimum absolute atomic E-state index is 0.179. The van der Waals surface area contributed by atoms with E-state index in [0.717, 1.165) is 17.7 Å². The quantitative estimate of drug-likeness (QED) is 0.773. The second-order valence-corrected chi connectivity index (χ2v) is 6.42. The van der Waals surface area contributed by atoms with Crippen LogP contribution in [0.15, 0.2) is 37.1 Å². The van der Waals surface area contributed by atoms with Gasteiger partial charge in [-0.15, -0.1) is 0 Å². The van der Waals surface area contributed by atoms with Crippen molar-refractivity contribution in [3.05, 3.63) is 53.9 Å². The Hall–Kier alpha value is -2.87. The molecule has 1 aliphatic heterocycles. The number of rotatable bonds is 6. The SMILES string of the molecule is CCCc1ncncc1C(=O)N1CCNC[C@H]1C(=O)NCc1ccncc1. The molecule has 0 radical (unpaired) electrons. The molecule has 0 saturated carbocycles. The second-order valence-electron chi connectivity index (χ2n) is 6.42. The van der Waals surface area contributed by atoms with E-state index in [1.165, 1.54) is 6.33 Å². The summed E-state index contributed by atoms with van der Waals surface area (Å²) in [6.45, 7) is 3.97. The molecule has 1 aliphatic rings. The Morgan fingerprint density at radius 2 is 2.11 bits per heavy atom. The lowest BCUT2D eigenvalue weighted by Crippen LogP contribution is -2.59. The average molecular weight is 368 g/mol. The molecular weight excluding hydrogens is 344 g/mol. The van der Waals surface area contributed by atoms with Gasteiger partial charge in [0.05, 0.1) is 11.3 Å². The zero-order valence-corrected chi connectivity index (χ0v) is 15.4. The van der Waals surface area contributed by atoms with E-state index < -0.39 is 6.04 Å². The van der Waals surface area contributed by atoms with Crippen LogP contribution in [0.2, 0.25) is 0 Å². The van der Waals surface area contributed by atoms with Crippen LogP contribution < -0.4 is 10.6 Å². The van der Waals surface area contributed by atoms with Crippen LogP contribution in [0.5, 0.6) is 0 Å². The molecule has 0 spiro atoms. The van der Waals surface area contributed by atoms with Crippen molar-refractivity contribution in [3.63, 3.8) is 0 Å². The summed E-state index contributed by atoms with van der Waals surface area (Å²) in [5.41, 5.74) is 2.17. The smallest absolute Gasteiger partial charge is 0.258 e. The summed E-state index contributed by atoms with van der Waals surface area (Å²) in [7, 11) is 0. The predicted molar refractivity (Wildman–Crippen MR) is 99.8 cm³/mol. The third-order valence-corrected chi connectivity index (χ3v) is 4.53. The van der Waals surface area contributed by atoms with E-state index in [1.54, 1.807) is 23.5 Å². The summed E-state index contributed by atoms with van der Waals surface area (Å²) in [5.74, 6) is -0.370. The molecule has 0 aliphatic carbocycles. The Kier molecular flexibility index (Phi) is 6.43. The standard InChI is InChI=1S/C19H24N6O2/c1-2-3-16-15(11-22-13-24-16)19(27)25-9-8-21-12-17(25)18(26)23-10-14-4-6-20-7-5-14/h4-7,11,13,17,21H,2-3,8-10,12H2,1H3,(H,23,26)/t17-/m0/s1. The molecule has 3 heterocycles. The van der Waals surface area contributed by atoms with E-state index in [4.69, 9.17) is 0 Å². The van der Waals surface area contributed by atoms with Gasteiger partial charge in [-0.1, -0.05) is 13.3 Å². The first-order valence-electron chi connectivity index (χ1n) is 9.18. The van der Waals surface area contributed by atoms with Crippen LogP contribution in [-0.2, 0) is 17.8 Å². The van der Waals surface area contributed by atoms with Crippen molar-refractivity contribution >= 4 is 11.8 Å². The molecule has 0 aromatic carbocycles. The Bertz CT molecular complexity index is 783. The number of carbonyl (C=O) groups is 2. The molecule has 0 bridgehead atoms. The van der Waals surface area contributed by atoms with E-state index >= 15 is 0 Å². The van der Waals surface area contributed by atoms with Gasteiger partial charge in [0.2, 0.25) is 5.91 Å². The maximum absolute atomic E-state index is 13.1. The average Bonchev–Trinajstić information content (AvgIpc) is 2.73. The first-order valence-corrected chi connectivity index (χ1v) is 9.18. The first-order chi connectivity index (χ1) is 13.2. The summed E-state index contributed by atoms with van der Waals surface area (Å²) >= 11 is 0. The van der Waals surface area contributed by atoms with E-state index in [-0.39, 0.29) is 11.8 Å². The van der Waals surface area contributed by atoms with Gasteiger partial charge in [-0.05, 0) is 24.1 Å². The lowest BCUT2D eigenvalue weighted by molar-refractivity contribution is -0.126. The topological polar surface area (TPSA) is 100 Å². The molecule has 3 rings (SSSR count). The number of carbonyl (C=O) groups excluding carboxylic acids is 2. The maximum atomic E-state index is 13.1. The number of hydrogen-bond acceptors (Lipinski definition) is 6. The summed E-state index contributed by atoms with van der Waals surface area (Å²) in [5, 5.41) is 6.11. The molecule has 8 heteroatoms. The predicted octanol–water partition coefficient (Wildman–Crippen LogP) is 0.555. The fourth-order valence-corrected chi connectivity index (χ4v) is 3.11. The molecule has 1 fully saturated rings. The number of hydrogen-bond donors (Lipinski definition) is 2. The van der Waals surface area contributed by atoms with Crippen molar-refractivity contribution in [2.45, 2.75) is 32.4 Å². The molecule has 2 N–H and O–H groups in total. The minimum Gasteiger partial charge on any atom is -0.350 e. The van der Waals surface area contributed by atoms with Crippen molar-refractivity contribution in [2.75, 3.05) is 19.6 Å². The highest BCUT2D eigenvalue weighted by Crippen LogP contribution is 2.14. The minimum atomic E-state index is -0.567. The molecule has 0 unspecified atom stereocenters. The normalized spacial score (nSPS) is 16.8. The zero-order valence-electron chi connectivity index (χ0n) is 15.4. The van der Waals surface area contributed by atoms with Crippen molar-refractivity contribution < 1.29 is 9.59 Å². The van der Waals surface area contributed by atoms with Crippen LogP contribution in [0.3, 0.4) is 0 Å². The number of piperazine rings is 1. The zero-order chi connectivity index (χ0) is 19.1. The lowest BCUT2D eigenvalue weighted by Gasteiger charge is -2.35. The van der Waals surface area contributed by atoms with E-state index in [2.05, 4.69) is 25.6 Å². The van der Waals surface area contributed by atoms with Crippen molar-refractivity contribution in [1.29, 1.82) is 0 Å². The van der Waals surface area contributed by atoms with Crippen LogP contribution in [-0.4, -0.2) is 57.3 Å². The highest BCUT2D eigenvalue weighted by atomic mass is 16.2. The number of pyridine rings is 1. The van der Waals surface area contributed by atoms with Crippen LogP contribution in [0, 0.1) is 0 Å². The van der Waals surface area contributed by atoms with E-state index in [9.17, 15) is 9.59 Å². The van der Waals surface area contributed by atoms with Crippen molar-refractivity contribution in [2.24, 2.45) is 0 Å². The number of amides is 2. The molecule has 142 valence electrons. The molecule has 2 amide bonds. The van der Waals surface area contributed by atoms with Gasteiger partial charge in [0.1, 0.15) is 12.4 Å². The van der Waals surface area contributed by atoms with E-state index in [0.29, 0.717) is 38.2 Å². The number of aryl methyl sites for hydroxylation is 1. The third kappa shape index (κ3) is 4.65. The number of nitrogens with one attached hydrogen (secondary N) is 2. The van der Waals surface area contributed by atoms with Gasteiger partial charge >= 0.3 is 0 Å². The van der Waals surface area contributed by atoms with Gasteiger partial charge in [-0.3, -0.25) is 14.6 Å². The van der Waals surface area contributed by atoms with Crippen LogP contribution in [0.1, 0.15) is 35.0 Å². The van der Waals surface area contributed by atoms with Gasteiger partial charge in [-0.25, -0.2) is 9.97 Å². The molecule has 1 atom stereocenters. The fourth-order valence-electron chi connectivity index (χ4n) is 3.11. The van der Waals surface area contributed by atoms with Crippen molar-refractivity contribution in [3.8, 4) is 0 Å². The molecule has 2 aromatic heterocycles. The summed E-state index contributed by atoms with van der Waals surface area (Å²) < 4.78 is 0. The highest BCUT2D eigenvalue weighted by molar-refractivity contribution is 5.98. The summed E-state index contributed by atoms with van der Waals surface area (Å²) in [6.07, 6.45) is 7.96. The molecule has 8 nitrogen and oxygen atoms in total. The van der Waals surface area contributed by atoms with Gasteiger partial charge in [0, 0.05) is 44.8 Å². The Labute approximate surface area is 158 Å². The Morgan fingerprint density at radius 1 is 1.30 bits per heavy atom. The highest BCUT2D eigenvalue weighted by Gasteiger charge is 2.33.